The van der Waals surface area contributed by atoms with Crippen LogP contribution in [-0.2, 0) is 4.79 Å². The number of nitrogens with zero attached hydrogens (tertiary/aromatic N) is 4. The van der Waals surface area contributed by atoms with Gasteiger partial charge in [0.1, 0.15) is 23.0 Å². The third kappa shape index (κ3) is 4.39. The number of hydrogen-bond donors (Lipinski definition) is 1. The topological polar surface area (TPSA) is 86.2 Å². The second kappa shape index (κ2) is 9.81. The van der Waals surface area contributed by atoms with Crippen molar-refractivity contribution < 1.29 is 28.2 Å². The van der Waals surface area contributed by atoms with Gasteiger partial charge in [0, 0.05) is 42.8 Å². The molecular formula is C27H29ClF2N4O4. The number of rotatable bonds is 4. The van der Waals surface area contributed by atoms with Crippen molar-refractivity contribution in [2.45, 2.75) is 44.4 Å². The van der Waals surface area contributed by atoms with Crippen molar-refractivity contribution in [1.29, 1.82) is 0 Å². The van der Waals surface area contributed by atoms with Gasteiger partial charge in [-0.2, -0.15) is 0 Å². The van der Waals surface area contributed by atoms with Crippen LogP contribution in [0.4, 0.5) is 14.6 Å². The maximum Gasteiger partial charge on any atom is 0.264 e. The Morgan fingerprint density at radius 2 is 2.03 bits per heavy atom. The van der Waals surface area contributed by atoms with E-state index in [-0.39, 0.29) is 77.0 Å². The van der Waals surface area contributed by atoms with E-state index in [9.17, 15) is 23.5 Å². The number of aromatic nitrogens is 1. The summed E-state index contributed by atoms with van der Waals surface area (Å²) in [7, 11) is 0. The molecule has 2 saturated heterocycles. The van der Waals surface area contributed by atoms with Crippen LogP contribution in [0.25, 0.3) is 11.3 Å². The van der Waals surface area contributed by atoms with Gasteiger partial charge in [-0.3, -0.25) is 9.59 Å². The van der Waals surface area contributed by atoms with Crippen LogP contribution < -0.4 is 9.64 Å². The van der Waals surface area contributed by atoms with Crippen molar-refractivity contribution in [3.8, 4) is 17.0 Å². The lowest BCUT2D eigenvalue weighted by atomic mass is 9.99. The first-order valence-corrected chi connectivity index (χ1v) is 12.8. The van der Waals surface area contributed by atoms with Gasteiger partial charge >= 0.3 is 0 Å². The number of halogens is 3. The first kappa shape index (κ1) is 26.4. The van der Waals surface area contributed by atoms with Gasteiger partial charge in [0.05, 0.1) is 17.8 Å². The van der Waals surface area contributed by atoms with E-state index >= 15 is 0 Å². The molecule has 0 aliphatic carbocycles. The molecule has 0 bridgehead atoms. The summed E-state index contributed by atoms with van der Waals surface area (Å²) in [6.45, 7) is 8.47. The van der Waals surface area contributed by atoms with Gasteiger partial charge in [-0.1, -0.05) is 42.4 Å². The SMILES string of the molecule is C=CC(=O)N1CCN2C(=O)c3c(N4CC(O)CC4(C)C)nc(-c4ccccc4C(F)F)c(Cl)c3OCC2C1. The van der Waals surface area contributed by atoms with Crippen LogP contribution in [0.5, 0.6) is 5.75 Å². The quantitative estimate of drug-likeness (QED) is 0.585. The fourth-order valence-electron chi connectivity index (χ4n) is 5.63. The molecule has 202 valence electrons. The number of carbonyl (C=O) groups is 2. The number of aliphatic hydroxyl groups is 1. The zero-order valence-electron chi connectivity index (χ0n) is 21.2. The lowest BCUT2D eigenvalue weighted by Crippen LogP contribution is -2.57. The molecule has 2 aromatic rings. The minimum absolute atomic E-state index is 0.0402. The zero-order chi connectivity index (χ0) is 27.4. The summed E-state index contributed by atoms with van der Waals surface area (Å²) >= 11 is 6.80. The lowest BCUT2D eigenvalue weighted by molar-refractivity contribution is -0.128. The molecule has 2 unspecified atom stereocenters. The van der Waals surface area contributed by atoms with Crippen LogP contribution in [0.1, 0.15) is 42.6 Å². The number of aliphatic hydroxyl groups excluding tert-OH is 1. The number of alkyl halides is 2. The van der Waals surface area contributed by atoms with Gasteiger partial charge in [-0.25, -0.2) is 13.8 Å². The molecule has 38 heavy (non-hydrogen) atoms. The lowest BCUT2D eigenvalue weighted by Gasteiger charge is -2.40. The van der Waals surface area contributed by atoms with Crippen molar-refractivity contribution in [3.05, 3.63) is 53.1 Å². The minimum atomic E-state index is -2.78. The van der Waals surface area contributed by atoms with Gasteiger partial charge in [-0.05, 0) is 26.3 Å². The molecule has 5 rings (SSSR count). The van der Waals surface area contributed by atoms with Crippen LogP contribution in [0.2, 0.25) is 5.02 Å². The van der Waals surface area contributed by atoms with E-state index in [0.29, 0.717) is 13.0 Å². The summed E-state index contributed by atoms with van der Waals surface area (Å²) in [5.74, 6) is -0.323. The molecule has 0 saturated carbocycles. The number of piperazine rings is 1. The Labute approximate surface area is 224 Å². The van der Waals surface area contributed by atoms with Crippen molar-refractivity contribution in [2.24, 2.45) is 0 Å². The average molecular weight is 547 g/mol. The fourth-order valence-corrected chi connectivity index (χ4v) is 5.93. The Hall–Kier alpha value is -3.24. The highest BCUT2D eigenvalue weighted by molar-refractivity contribution is 6.35. The number of amides is 2. The minimum Gasteiger partial charge on any atom is -0.489 e. The van der Waals surface area contributed by atoms with Crippen LogP contribution in [0, 0.1) is 0 Å². The molecule has 2 amide bonds. The molecule has 2 atom stereocenters. The number of benzene rings is 1. The van der Waals surface area contributed by atoms with Crippen molar-refractivity contribution in [1.82, 2.24) is 14.8 Å². The highest BCUT2D eigenvalue weighted by Crippen LogP contribution is 2.47. The summed E-state index contributed by atoms with van der Waals surface area (Å²) in [6, 6.07) is 5.49. The molecule has 1 aromatic carbocycles. The second-order valence-corrected chi connectivity index (χ2v) is 10.8. The standard InChI is InChI=1S/C27H29ClF2N4O4/c1-4-19(36)32-9-10-33-15(12-32)14-38-23-20(26(33)37)25(34-13-16(35)11-27(34,2)3)31-22(21(23)28)17-7-5-6-8-18(17)24(29)30/h4-8,15-16,24,35H,1,9-14H2,2-3H3. The number of ether oxygens (including phenoxy) is 1. The Morgan fingerprint density at radius 1 is 1.29 bits per heavy atom. The normalized spacial score (nSPS) is 22.6. The van der Waals surface area contributed by atoms with Crippen molar-refractivity contribution in [3.63, 3.8) is 0 Å². The predicted octanol–water partition coefficient (Wildman–Crippen LogP) is 3.92. The predicted molar refractivity (Wildman–Crippen MR) is 139 cm³/mol. The molecule has 3 aliphatic heterocycles. The molecule has 1 N–H and O–H groups in total. The molecule has 0 spiro atoms. The van der Waals surface area contributed by atoms with E-state index < -0.39 is 24.1 Å². The smallest absolute Gasteiger partial charge is 0.264 e. The van der Waals surface area contributed by atoms with Gasteiger partial charge in [0.25, 0.3) is 12.3 Å². The summed E-state index contributed by atoms with van der Waals surface area (Å²) in [4.78, 5) is 36.1. The van der Waals surface area contributed by atoms with Crippen LogP contribution in [-0.4, -0.2) is 82.2 Å². The Kier molecular flexibility index (Phi) is 6.81. The number of anilines is 1. The molecular weight excluding hydrogens is 518 g/mol. The molecule has 0 radical (unpaired) electrons. The van der Waals surface area contributed by atoms with E-state index in [1.54, 1.807) is 15.9 Å². The van der Waals surface area contributed by atoms with Crippen LogP contribution >= 0.6 is 11.6 Å². The highest BCUT2D eigenvalue weighted by atomic mass is 35.5. The largest absolute Gasteiger partial charge is 0.489 e. The monoisotopic (exact) mass is 546 g/mol. The summed E-state index contributed by atoms with van der Waals surface area (Å²) < 4.78 is 34.1. The Bertz CT molecular complexity index is 1300. The highest BCUT2D eigenvalue weighted by Gasteiger charge is 2.45. The third-order valence-electron chi connectivity index (χ3n) is 7.51. The van der Waals surface area contributed by atoms with E-state index in [1.807, 2.05) is 18.7 Å². The van der Waals surface area contributed by atoms with E-state index in [0.717, 1.165) is 0 Å². The molecule has 8 nitrogen and oxygen atoms in total. The zero-order valence-corrected chi connectivity index (χ0v) is 21.9. The van der Waals surface area contributed by atoms with Crippen LogP contribution in [0.3, 0.4) is 0 Å². The van der Waals surface area contributed by atoms with Gasteiger partial charge in [0.2, 0.25) is 5.91 Å². The molecule has 4 heterocycles. The second-order valence-electron chi connectivity index (χ2n) is 10.4. The van der Waals surface area contributed by atoms with Gasteiger partial charge in [0.15, 0.2) is 5.75 Å². The van der Waals surface area contributed by atoms with Crippen molar-refractivity contribution in [2.75, 3.05) is 37.7 Å². The summed E-state index contributed by atoms with van der Waals surface area (Å²) in [5.41, 5.74) is -0.500. The van der Waals surface area contributed by atoms with E-state index in [4.69, 9.17) is 21.3 Å². The third-order valence-corrected chi connectivity index (χ3v) is 7.86. The van der Waals surface area contributed by atoms with Crippen LogP contribution in [0.15, 0.2) is 36.9 Å². The number of fused-ring (bicyclic) bond motifs is 2. The number of pyridine rings is 1. The molecule has 11 heteroatoms. The molecule has 3 aliphatic rings. The van der Waals surface area contributed by atoms with Crippen molar-refractivity contribution >= 4 is 29.2 Å². The summed E-state index contributed by atoms with van der Waals surface area (Å²) in [5, 5.41) is 10.5. The van der Waals surface area contributed by atoms with Gasteiger partial charge in [-0.15, -0.1) is 0 Å². The van der Waals surface area contributed by atoms with E-state index in [1.165, 1.54) is 24.3 Å². The summed E-state index contributed by atoms with van der Waals surface area (Å²) in [6.07, 6.45) is -1.79. The first-order valence-electron chi connectivity index (χ1n) is 12.4. The maximum absolute atomic E-state index is 14.1. The average Bonchev–Trinajstić information content (AvgIpc) is 3.08. The first-order chi connectivity index (χ1) is 18.0. The molecule has 2 fully saturated rings. The maximum atomic E-state index is 14.1. The number of hydrogen-bond acceptors (Lipinski definition) is 6. The fraction of sp³-hybridized carbons (Fsp3) is 0.444. The molecule has 1 aromatic heterocycles. The Balaban J connectivity index is 1.69. The van der Waals surface area contributed by atoms with E-state index in [2.05, 4.69) is 6.58 Å². The number of β-amino-alcohol motifs (C(OH)–C–C–N with tert-alkyl or cyclic N) is 1. The van der Waals surface area contributed by atoms with Gasteiger partial charge < -0.3 is 24.5 Å². The number of carbonyl (C=O) groups excluding carboxylic acids is 2. The Morgan fingerprint density at radius 3 is 2.68 bits per heavy atom.